The van der Waals surface area contributed by atoms with Gasteiger partial charge in [0.15, 0.2) is 0 Å². The molecule has 0 saturated carbocycles. The molecule has 0 aromatic carbocycles. The summed E-state index contributed by atoms with van der Waals surface area (Å²) in [5.74, 6) is 0. The van der Waals surface area contributed by atoms with Crippen molar-refractivity contribution >= 4 is 0 Å². The highest BCUT2D eigenvalue weighted by atomic mass is 16.5. The van der Waals surface area contributed by atoms with Crippen LogP contribution < -0.4 is 0 Å². The molecule has 0 aromatic rings. The van der Waals surface area contributed by atoms with Crippen molar-refractivity contribution in [3.05, 3.63) is 0 Å². The average Bonchev–Trinajstić information content (AvgIpc) is 2.27. The van der Waals surface area contributed by atoms with Crippen LogP contribution in [0.1, 0.15) is 67.2 Å². The van der Waals surface area contributed by atoms with Crippen LogP contribution in [0.15, 0.2) is 0 Å². The summed E-state index contributed by atoms with van der Waals surface area (Å²) >= 11 is 0. The molecule has 0 aromatic heterocycles. The van der Waals surface area contributed by atoms with Crippen molar-refractivity contribution in [3.8, 4) is 0 Å². The van der Waals surface area contributed by atoms with Gasteiger partial charge in [-0.2, -0.15) is 0 Å². The average molecular weight is 274 g/mol. The molecule has 0 amide bonds. The lowest BCUT2D eigenvalue weighted by molar-refractivity contribution is -0.0303. The van der Waals surface area contributed by atoms with Gasteiger partial charge in [0.05, 0.1) is 25.4 Å². The number of aliphatic hydroxyl groups excluding tert-OH is 2. The second-order valence-electron chi connectivity index (χ2n) is 7.29. The van der Waals surface area contributed by atoms with Gasteiger partial charge in [-0.25, -0.2) is 0 Å². The van der Waals surface area contributed by atoms with Gasteiger partial charge in [-0.1, -0.05) is 54.4 Å². The molecular formula is C16H34O3. The summed E-state index contributed by atoms with van der Waals surface area (Å²) in [5, 5.41) is 19.8. The summed E-state index contributed by atoms with van der Waals surface area (Å²) in [5.41, 5.74) is 0.289. The smallest absolute Gasteiger partial charge is 0.0778 e. The Morgan fingerprint density at radius 3 is 1.37 bits per heavy atom. The molecule has 3 heteroatoms. The summed E-state index contributed by atoms with van der Waals surface area (Å²) in [4.78, 5) is 0. The van der Waals surface area contributed by atoms with Gasteiger partial charge in [0.25, 0.3) is 0 Å². The second kappa shape index (κ2) is 8.23. The molecule has 0 heterocycles. The SMILES string of the molecule is CCC(C)(C)CC(O)COCC(O)CC(C)(C)CC. The Hall–Kier alpha value is -0.120. The summed E-state index contributed by atoms with van der Waals surface area (Å²) in [6.07, 6.45) is 2.66. The van der Waals surface area contributed by atoms with Gasteiger partial charge in [-0.05, 0) is 23.7 Å². The Labute approximate surface area is 119 Å². The first-order valence-electron chi connectivity index (χ1n) is 7.56. The van der Waals surface area contributed by atoms with Gasteiger partial charge < -0.3 is 14.9 Å². The maximum atomic E-state index is 9.90. The molecule has 0 bridgehead atoms. The Kier molecular flexibility index (Phi) is 8.18. The molecule has 0 fully saturated rings. The zero-order valence-electron chi connectivity index (χ0n) is 13.7. The molecule has 3 nitrogen and oxygen atoms in total. The highest BCUT2D eigenvalue weighted by molar-refractivity contribution is 4.73. The fourth-order valence-electron chi connectivity index (χ4n) is 2.02. The van der Waals surface area contributed by atoms with E-state index in [0.29, 0.717) is 13.2 Å². The molecule has 2 atom stereocenters. The van der Waals surface area contributed by atoms with Crippen molar-refractivity contribution in [2.45, 2.75) is 79.4 Å². The predicted molar refractivity (Wildman–Crippen MR) is 80.2 cm³/mol. The molecule has 2 unspecified atom stereocenters. The third-order valence-corrected chi connectivity index (χ3v) is 4.11. The van der Waals surface area contributed by atoms with Crippen molar-refractivity contribution in [3.63, 3.8) is 0 Å². The summed E-state index contributed by atoms with van der Waals surface area (Å²) in [6.45, 7) is 13.5. The topological polar surface area (TPSA) is 49.7 Å². The van der Waals surface area contributed by atoms with E-state index in [4.69, 9.17) is 4.74 Å². The van der Waals surface area contributed by atoms with Crippen LogP contribution in [0.25, 0.3) is 0 Å². The third-order valence-electron chi connectivity index (χ3n) is 4.11. The Bertz CT molecular complexity index is 212. The summed E-state index contributed by atoms with van der Waals surface area (Å²) in [7, 11) is 0. The molecule has 19 heavy (non-hydrogen) atoms. The number of aliphatic hydroxyl groups is 2. The first-order valence-corrected chi connectivity index (χ1v) is 7.56. The van der Waals surface area contributed by atoms with Gasteiger partial charge in [0.2, 0.25) is 0 Å². The lowest BCUT2D eigenvalue weighted by Crippen LogP contribution is -2.28. The molecule has 0 radical (unpaired) electrons. The van der Waals surface area contributed by atoms with Gasteiger partial charge in [-0.3, -0.25) is 0 Å². The predicted octanol–water partition coefficient (Wildman–Crippen LogP) is 3.38. The molecule has 0 aliphatic heterocycles. The van der Waals surface area contributed by atoms with Gasteiger partial charge >= 0.3 is 0 Å². The second-order valence-corrected chi connectivity index (χ2v) is 7.29. The minimum absolute atomic E-state index is 0.144. The highest BCUT2D eigenvalue weighted by Gasteiger charge is 2.22. The summed E-state index contributed by atoms with van der Waals surface area (Å²) in [6, 6.07) is 0. The fourth-order valence-corrected chi connectivity index (χ4v) is 2.02. The molecule has 0 aliphatic rings. The van der Waals surface area contributed by atoms with E-state index < -0.39 is 12.2 Å². The van der Waals surface area contributed by atoms with E-state index in [2.05, 4.69) is 41.5 Å². The van der Waals surface area contributed by atoms with Crippen molar-refractivity contribution in [1.29, 1.82) is 0 Å². The standard InChI is InChI=1S/C16H34O3/c1-7-15(3,4)9-13(17)11-19-12-14(18)10-16(5,6)8-2/h13-14,17-18H,7-12H2,1-6H3. The zero-order chi connectivity index (χ0) is 15.1. The number of hydrogen-bond acceptors (Lipinski definition) is 3. The minimum Gasteiger partial charge on any atom is -0.391 e. The van der Waals surface area contributed by atoms with E-state index in [1.165, 1.54) is 0 Å². The van der Waals surface area contributed by atoms with Gasteiger partial charge in [0.1, 0.15) is 0 Å². The molecule has 0 rings (SSSR count). The van der Waals surface area contributed by atoms with Crippen LogP contribution in [0, 0.1) is 10.8 Å². The molecule has 116 valence electrons. The van der Waals surface area contributed by atoms with Crippen LogP contribution in [0.3, 0.4) is 0 Å². The van der Waals surface area contributed by atoms with Gasteiger partial charge in [0, 0.05) is 0 Å². The Morgan fingerprint density at radius 2 is 1.11 bits per heavy atom. The minimum atomic E-state index is -0.443. The Balaban J connectivity index is 3.85. The van der Waals surface area contributed by atoms with Crippen LogP contribution in [0.2, 0.25) is 0 Å². The summed E-state index contributed by atoms with van der Waals surface area (Å²) < 4.78 is 5.44. The van der Waals surface area contributed by atoms with E-state index in [-0.39, 0.29) is 10.8 Å². The number of ether oxygens (including phenoxy) is 1. The molecule has 0 spiro atoms. The van der Waals surface area contributed by atoms with Crippen molar-refractivity contribution in [2.75, 3.05) is 13.2 Å². The molecule has 2 N–H and O–H groups in total. The first-order chi connectivity index (χ1) is 8.62. The quantitative estimate of drug-likeness (QED) is 0.642. The molecule has 0 saturated heterocycles. The lowest BCUT2D eigenvalue weighted by atomic mass is 9.84. The monoisotopic (exact) mass is 274 g/mol. The number of hydrogen-bond donors (Lipinski definition) is 2. The van der Waals surface area contributed by atoms with E-state index in [1.807, 2.05) is 0 Å². The lowest BCUT2D eigenvalue weighted by Gasteiger charge is -2.27. The normalized spacial score (nSPS) is 16.4. The molecular weight excluding hydrogens is 240 g/mol. The maximum absolute atomic E-state index is 9.90. The van der Waals surface area contributed by atoms with Crippen LogP contribution >= 0.6 is 0 Å². The zero-order valence-corrected chi connectivity index (χ0v) is 13.7. The van der Waals surface area contributed by atoms with Gasteiger partial charge in [-0.15, -0.1) is 0 Å². The van der Waals surface area contributed by atoms with E-state index >= 15 is 0 Å². The molecule has 0 aliphatic carbocycles. The van der Waals surface area contributed by atoms with Crippen molar-refractivity contribution in [1.82, 2.24) is 0 Å². The van der Waals surface area contributed by atoms with E-state index in [0.717, 1.165) is 25.7 Å². The van der Waals surface area contributed by atoms with Crippen molar-refractivity contribution < 1.29 is 14.9 Å². The highest BCUT2D eigenvalue weighted by Crippen LogP contribution is 2.27. The van der Waals surface area contributed by atoms with Crippen LogP contribution in [-0.2, 0) is 4.74 Å². The Morgan fingerprint density at radius 1 is 0.789 bits per heavy atom. The van der Waals surface area contributed by atoms with E-state index in [1.54, 1.807) is 0 Å². The number of rotatable bonds is 10. The maximum Gasteiger partial charge on any atom is 0.0778 e. The third kappa shape index (κ3) is 9.42. The van der Waals surface area contributed by atoms with Crippen molar-refractivity contribution in [2.24, 2.45) is 10.8 Å². The fraction of sp³-hybridized carbons (Fsp3) is 1.00. The van der Waals surface area contributed by atoms with E-state index in [9.17, 15) is 10.2 Å². The van der Waals surface area contributed by atoms with Crippen LogP contribution in [0.5, 0.6) is 0 Å². The first kappa shape index (κ1) is 18.9. The van der Waals surface area contributed by atoms with Crippen LogP contribution in [0.4, 0.5) is 0 Å². The largest absolute Gasteiger partial charge is 0.391 e. The van der Waals surface area contributed by atoms with Crippen LogP contribution in [-0.4, -0.2) is 35.6 Å².